The zero-order valence-corrected chi connectivity index (χ0v) is 10.5. The first kappa shape index (κ1) is 12.3. The molecule has 7 nitrogen and oxygen atoms in total. The lowest BCUT2D eigenvalue weighted by molar-refractivity contribution is -0.119. The molecule has 20 heavy (non-hydrogen) atoms. The van der Waals surface area contributed by atoms with Crippen molar-refractivity contribution in [2.24, 2.45) is 0 Å². The molecular formula is C13H12N4O3. The Labute approximate surface area is 114 Å². The summed E-state index contributed by atoms with van der Waals surface area (Å²) in [6.45, 7) is 0.467. The third kappa shape index (κ3) is 2.13. The fourth-order valence-corrected chi connectivity index (χ4v) is 2.26. The molecule has 0 aliphatic carbocycles. The van der Waals surface area contributed by atoms with Crippen LogP contribution in [-0.4, -0.2) is 39.8 Å². The molecule has 1 amide bonds. The van der Waals surface area contributed by atoms with Crippen LogP contribution in [0.15, 0.2) is 24.3 Å². The number of nitrogens with zero attached hydrogens (tertiary/aromatic N) is 2. The minimum Gasteiger partial charge on any atom is -0.476 e. The van der Waals surface area contributed by atoms with Gasteiger partial charge in [0.15, 0.2) is 5.69 Å². The van der Waals surface area contributed by atoms with E-state index in [0.29, 0.717) is 29.6 Å². The Balaban J connectivity index is 2.07. The molecule has 2 aromatic rings. The van der Waals surface area contributed by atoms with Gasteiger partial charge in [-0.2, -0.15) is 0 Å². The van der Waals surface area contributed by atoms with Gasteiger partial charge in [-0.3, -0.25) is 4.79 Å². The Hall–Kier alpha value is -2.70. The zero-order chi connectivity index (χ0) is 14.1. The quantitative estimate of drug-likeness (QED) is 0.757. The van der Waals surface area contributed by atoms with Gasteiger partial charge < -0.3 is 15.7 Å². The molecule has 3 rings (SSSR count). The van der Waals surface area contributed by atoms with Crippen molar-refractivity contribution >= 4 is 28.5 Å². The number of carboxylic acids is 1. The van der Waals surface area contributed by atoms with E-state index < -0.39 is 5.97 Å². The molecular weight excluding hydrogens is 260 g/mol. The second-order valence-corrected chi connectivity index (χ2v) is 4.60. The fraction of sp³-hybridized carbons (Fsp3) is 0.231. The summed E-state index contributed by atoms with van der Waals surface area (Å²) in [6, 6.07) is 7.01. The second kappa shape index (κ2) is 4.76. The maximum absolute atomic E-state index is 11.3. The van der Waals surface area contributed by atoms with Gasteiger partial charge in [0.1, 0.15) is 0 Å². The van der Waals surface area contributed by atoms with Gasteiger partial charge in [-0.05, 0) is 6.07 Å². The lowest BCUT2D eigenvalue weighted by Gasteiger charge is -2.15. The average Bonchev–Trinajstić information content (AvgIpc) is 2.84. The van der Waals surface area contributed by atoms with Gasteiger partial charge in [0, 0.05) is 18.4 Å². The van der Waals surface area contributed by atoms with Crippen molar-refractivity contribution in [1.29, 1.82) is 0 Å². The van der Waals surface area contributed by atoms with Crippen LogP contribution in [0.25, 0.3) is 10.9 Å². The minimum atomic E-state index is -1.15. The van der Waals surface area contributed by atoms with Gasteiger partial charge >= 0.3 is 5.97 Å². The number of carbonyl (C=O) groups excluding carboxylic acids is 1. The van der Waals surface area contributed by atoms with Crippen molar-refractivity contribution in [1.82, 2.24) is 15.5 Å². The molecule has 1 saturated heterocycles. The van der Waals surface area contributed by atoms with Gasteiger partial charge in [-0.15, -0.1) is 10.2 Å². The predicted octanol–water partition coefficient (Wildman–Crippen LogP) is 0.628. The van der Waals surface area contributed by atoms with Crippen molar-refractivity contribution in [3.63, 3.8) is 0 Å². The summed E-state index contributed by atoms with van der Waals surface area (Å²) in [6.07, 6.45) is 0.315. The number of anilines is 1. The highest BCUT2D eigenvalue weighted by atomic mass is 16.4. The van der Waals surface area contributed by atoms with Crippen LogP contribution in [-0.2, 0) is 4.79 Å². The standard InChI is InChI=1S/C13H12N4O3/c18-10-5-7(6-14-10)15-11-8-3-1-2-4-9(8)16-17-12(11)13(19)20/h1-4,7H,5-6H2,(H,14,18)(H,15,16)(H,19,20). The normalized spacial score (nSPS) is 18.0. The van der Waals surface area contributed by atoms with E-state index in [1.807, 2.05) is 6.07 Å². The Bertz CT molecular complexity index is 701. The summed E-state index contributed by atoms with van der Waals surface area (Å²) >= 11 is 0. The maximum atomic E-state index is 11.3. The zero-order valence-electron chi connectivity index (χ0n) is 10.5. The third-order valence-corrected chi connectivity index (χ3v) is 3.20. The predicted molar refractivity (Wildman–Crippen MR) is 71.5 cm³/mol. The molecule has 0 saturated carbocycles. The van der Waals surface area contributed by atoms with E-state index in [1.165, 1.54) is 0 Å². The Morgan fingerprint density at radius 2 is 2.15 bits per heavy atom. The number of aromatic nitrogens is 2. The number of amides is 1. The lowest BCUT2D eigenvalue weighted by Crippen LogP contribution is -2.24. The molecule has 0 radical (unpaired) electrons. The Morgan fingerprint density at radius 1 is 1.35 bits per heavy atom. The molecule has 1 aromatic heterocycles. The van der Waals surface area contributed by atoms with Crippen LogP contribution in [0.3, 0.4) is 0 Å². The van der Waals surface area contributed by atoms with Crippen LogP contribution in [0.5, 0.6) is 0 Å². The number of benzene rings is 1. The average molecular weight is 272 g/mol. The summed E-state index contributed by atoms with van der Waals surface area (Å²) in [5, 5.41) is 23.4. The SMILES string of the molecule is O=C1CC(Nc2c(C(=O)O)nnc3ccccc23)CN1. The summed E-state index contributed by atoms with van der Waals surface area (Å²) in [7, 11) is 0. The van der Waals surface area contributed by atoms with E-state index in [2.05, 4.69) is 20.8 Å². The first-order valence-electron chi connectivity index (χ1n) is 6.17. The van der Waals surface area contributed by atoms with E-state index in [4.69, 9.17) is 0 Å². The Kier molecular flexibility index (Phi) is 2.94. The van der Waals surface area contributed by atoms with Gasteiger partial charge in [0.25, 0.3) is 0 Å². The molecule has 1 aliphatic heterocycles. The highest BCUT2D eigenvalue weighted by molar-refractivity contribution is 6.02. The first-order chi connectivity index (χ1) is 9.65. The van der Waals surface area contributed by atoms with E-state index in [0.717, 1.165) is 0 Å². The molecule has 1 aliphatic rings. The van der Waals surface area contributed by atoms with Gasteiger partial charge in [0.05, 0.1) is 17.2 Å². The Morgan fingerprint density at radius 3 is 2.85 bits per heavy atom. The summed E-state index contributed by atoms with van der Waals surface area (Å²) in [5.41, 5.74) is 0.880. The number of hydrogen-bond acceptors (Lipinski definition) is 5. The second-order valence-electron chi connectivity index (χ2n) is 4.60. The first-order valence-corrected chi connectivity index (χ1v) is 6.17. The molecule has 3 N–H and O–H groups in total. The summed E-state index contributed by atoms with van der Waals surface area (Å²) in [4.78, 5) is 22.5. The smallest absolute Gasteiger partial charge is 0.358 e. The third-order valence-electron chi connectivity index (χ3n) is 3.20. The van der Waals surface area contributed by atoms with Crippen LogP contribution < -0.4 is 10.6 Å². The topological polar surface area (TPSA) is 104 Å². The minimum absolute atomic E-state index is 0.0503. The van der Waals surface area contributed by atoms with Crippen molar-refractivity contribution in [2.75, 3.05) is 11.9 Å². The van der Waals surface area contributed by atoms with Crippen LogP contribution in [0.2, 0.25) is 0 Å². The van der Waals surface area contributed by atoms with Crippen LogP contribution in [0.4, 0.5) is 5.69 Å². The van der Waals surface area contributed by atoms with E-state index in [1.54, 1.807) is 18.2 Å². The maximum Gasteiger partial charge on any atom is 0.358 e. The molecule has 0 spiro atoms. The fourth-order valence-electron chi connectivity index (χ4n) is 2.26. The number of hydrogen-bond donors (Lipinski definition) is 3. The lowest BCUT2D eigenvalue weighted by atomic mass is 10.1. The molecule has 7 heteroatoms. The monoisotopic (exact) mass is 272 g/mol. The van der Waals surface area contributed by atoms with Gasteiger partial charge in [-0.25, -0.2) is 4.79 Å². The van der Waals surface area contributed by atoms with Crippen molar-refractivity contribution < 1.29 is 14.7 Å². The van der Waals surface area contributed by atoms with E-state index >= 15 is 0 Å². The van der Waals surface area contributed by atoms with Crippen molar-refractivity contribution in [3.05, 3.63) is 30.0 Å². The molecule has 0 bridgehead atoms. The number of fused-ring (bicyclic) bond motifs is 1. The van der Waals surface area contributed by atoms with E-state index in [9.17, 15) is 14.7 Å². The highest BCUT2D eigenvalue weighted by Crippen LogP contribution is 2.25. The number of aromatic carboxylic acids is 1. The van der Waals surface area contributed by atoms with Crippen LogP contribution >= 0.6 is 0 Å². The molecule has 1 atom stereocenters. The number of rotatable bonds is 3. The molecule has 1 fully saturated rings. The summed E-state index contributed by atoms with van der Waals surface area (Å²) < 4.78 is 0. The molecule has 1 unspecified atom stereocenters. The number of nitrogens with one attached hydrogen (secondary N) is 2. The van der Waals surface area contributed by atoms with Crippen molar-refractivity contribution in [3.8, 4) is 0 Å². The number of carboxylic acid groups (broad SMARTS) is 1. The molecule has 102 valence electrons. The van der Waals surface area contributed by atoms with E-state index in [-0.39, 0.29) is 17.6 Å². The van der Waals surface area contributed by atoms with Crippen LogP contribution in [0.1, 0.15) is 16.9 Å². The highest BCUT2D eigenvalue weighted by Gasteiger charge is 2.25. The molecule has 1 aromatic carbocycles. The van der Waals surface area contributed by atoms with Gasteiger partial charge in [0.2, 0.25) is 5.91 Å². The molecule has 2 heterocycles. The van der Waals surface area contributed by atoms with Gasteiger partial charge in [-0.1, -0.05) is 18.2 Å². The largest absolute Gasteiger partial charge is 0.476 e. The number of carbonyl (C=O) groups is 2. The summed E-state index contributed by atoms with van der Waals surface area (Å²) in [5.74, 6) is -1.20. The van der Waals surface area contributed by atoms with Crippen LogP contribution in [0, 0.1) is 0 Å². The van der Waals surface area contributed by atoms with Crippen molar-refractivity contribution in [2.45, 2.75) is 12.5 Å².